The maximum Gasteiger partial charge on any atom is 0.240 e. The number of rotatable bonds is 10. The first-order valence-corrected chi connectivity index (χ1v) is 15.3. The lowest BCUT2D eigenvalue weighted by Crippen LogP contribution is -2.18. The molecule has 0 atom stereocenters. The highest BCUT2D eigenvalue weighted by molar-refractivity contribution is 7.89. The van der Waals surface area contributed by atoms with E-state index in [9.17, 15) is 8.42 Å². The molecule has 0 spiro atoms. The minimum Gasteiger partial charge on any atom is -0.324 e. The van der Waals surface area contributed by atoms with Crippen molar-refractivity contribution in [2.75, 3.05) is 17.8 Å². The van der Waals surface area contributed by atoms with Crippen LogP contribution in [0.4, 0.5) is 17.5 Å². The SMILES string of the molecule is CNS(=O)(=O)c1ccc(/C(C)=N\Nc2nc(Nc3ccccc3)nc(-n3cc(-c4ccncn4)cn3)c2-c2ccccc2)cc1. The number of sulfonamides is 1. The Hall–Kier alpha value is -5.79. The molecule has 0 aliphatic carbocycles. The highest BCUT2D eigenvalue weighted by atomic mass is 32.2. The molecular formula is C32H28N10O2S. The van der Waals surface area contributed by atoms with Gasteiger partial charge in [-0.25, -0.2) is 27.8 Å². The number of aromatic nitrogens is 6. The normalized spacial score (nSPS) is 11.7. The molecule has 0 amide bonds. The van der Waals surface area contributed by atoms with Crippen molar-refractivity contribution in [3.05, 3.63) is 121 Å². The molecule has 3 aromatic heterocycles. The van der Waals surface area contributed by atoms with Crippen LogP contribution in [-0.4, -0.2) is 50.9 Å². The largest absolute Gasteiger partial charge is 0.324 e. The van der Waals surface area contributed by atoms with E-state index in [1.165, 1.54) is 25.5 Å². The van der Waals surface area contributed by atoms with E-state index in [0.717, 1.165) is 28.1 Å². The number of hydrogen-bond acceptors (Lipinski definition) is 10. The lowest BCUT2D eigenvalue weighted by atomic mass is 10.1. The zero-order chi connectivity index (χ0) is 31.2. The van der Waals surface area contributed by atoms with E-state index >= 15 is 0 Å². The summed E-state index contributed by atoms with van der Waals surface area (Å²) < 4.78 is 28.3. The van der Waals surface area contributed by atoms with Gasteiger partial charge in [0.25, 0.3) is 0 Å². The Bertz CT molecular complexity index is 2050. The molecule has 0 aliphatic rings. The first-order chi connectivity index (χ1) is 21.9. The molecule has 0 aliphatic heterocycles. The second kappa shape index (κ2) is 12.8. The molecule has 45 heavy (non-hydrogen) atoms. The molecule has 6 rings (SSSR count). The maximum absolute atomic E-state index is 12.2. The molecule has 0 saturated heterocycles. The van der Waals surface area contributed by atoms with E-state index in [1.807, 2.05) is 79.9 Å². The lowest BCUT2D eigenvalue weighted by molar-refractivity contribution is 0.588. The maximum atomic E-state index is 12.2. The summed E-state index contributed by atoms with van der Waals surface area (Å²) >= 11 is 0. The molecule has 3 aromatic carbocycles. The molecule has 0 fully saturated rings. The van der Waals surface area contributed by atoms with Gasteiger partial charge in [-0.1, -0.05) is 60.7 Å². The molecule has 0 bridgehead atoms. The number of hydrazone groups is 1. The monoisotopic (exact) mass is 616 g/mol. The summed E-state index contributed by atoms with van der Waals surface area (Å²) in [6.45, 7) is 1.82. The second-order valence-electron chi connectivity index (χ2n) is 9.76. The van der Waals surface area contributed by atoms with Crippen LogP contribution >= 0.6 is 0 Å². The Morgan fingerprint density at radius 2 is 1.60 bits per heavy atom. The molecule has 0 radical (unpaired) electrons. The minimum absolute atomic E-state index is 0.165. The van der Waals surface area contributed by atoms with Crippen LogP contribution in [0.5, 0.6) is 0 Å². The highest BCUT2D eigenvalue weighted by Gasteiger charge is 2.20. The molecule has 0 saturated carbocycles. The number of benzene rings is 3. The van der Waals surface area contributed by atoms with Gasteiger partial charge in [-0.15, -0.1) is 0 Å². The zero-order valence-corrected chi connectivity index (χ0v) is 25.1. The smallest absolute Gasteiger partial charge is 0.240 e. The molecular weight excluding hydrogens is 588 g/mol. The Labute approximate surface area is 260 Å². The molecule has 13 heteroatoms. The molecule has 3 heterocycles. The number of nitrogens with zero attached hydrogens (tertiary/aromatic N) is 7. The van der Waals surface area contributed by atoms with Gasteiger partial charge in [0.1, 0.15) is 6.33 Å². The van der Waals surface area contributed by atoms with Gasteiger partial charge in [0.2, 0.25) is 16.0 Å². The summed E-state index contributed by atoms with van der Waals surface area (Å²) in [4.78, 5) is 18.3. The van der Waals surface area contributed by atoms with Gasteiger partial charge in [0.05, 0.1) is 28.1 Å². The number of anilines is 3. The van der Waals surface area contributed by atoms with Crippen molar-refractivity contribution in [2.45, 2.75) is 11.8 Å². The quantitative estimate of drug-likeness (QED) is 0.138. The van der Waals surface area contributed by atoms with Crippen molar-refractivity contribution in [2.24, 2.45) is 5.10 Å². The number of nitrogens with one attached hydrogen (secondary N) is 3. The fraction of sp³-hybridized carbons (Fsp3) is 0.0625. The van der Waals surface area contributed by atoms with Crippen molar-refractivity contribution in [1.29, 1.82) is 0 Å². The fourth-order valence-electron chi connectivity index (χ4n) is 4.50. The molecule has 12 nitrogen and oxygen atoms in total. The minimum atomic E-state index is -3.55. The van der Waals surface area contributed by atoms with Crippen molar-refractivity contribution >= 4 is 33.2 Å². The van der Waals surface area contributed by atoms with Gasteiger partial charge >= 0.3 is 0 Å². The molecule has 3 N–H and O–H groups in total. The van der Waals surface area contributed by atoms with Gasteiger partial charge < -0.3 is 5.32 Å². The first-order valence-electron chi connectivity index (χ1n) is 13.9. The third kappa shape index (κ3) is 6.59. The number of hydrogen-bond donors (Lipinski definition) is 3. The van der Waals surface area contributed by atoms with Crippen LogP contribution in [0, 0.1) is 0 Å². The lowest BCUT2D eigenvalue weighted by Gasteiger charge is -2.16. The van der Waals surface area contributed by atoms with Gasteiger partial charge in [-0.2, -0.15) is 20.2 Å². The van der Waals surface area contributed by atoms with Crippen molar-refractivity contribution in [3.8, 4) is 28.2 Å². The highest BCUT2D eigenvalue weighted by Crippen LogP contribution is 2.34. The second-order valence-corrected chi connectivity index (χ2v) is 11.6. The topological polar surface area (TPSA) is 152 Å². The van der Waals surface area contributed by atoms with Crippen LogP contribution in [-0.2, 0) is 10.0 Å². The van der Waals surface area contributed by atoms with Crippen LogP contribution in [0.3, 0.4) is 0 Å². The third-order valence-corrected chi connectivity index (χ3v) is 8.27. The van der Waals surface area contributed by atoms with E-state index in [0.29, 0.717) is 28.9 Å². The van der Waals surface area contributed by atoms with Crippen LogP contribution in [0.15, 0.2) is 126 Å². The van der Waals surface area contributed by atoms with Gasteiger partial charge in [-0.05, 0) is 55.4 Å². The molecule has 0 unspecified atom stereocenters. The summed E-state index contributed by atoms with van der Waals surface area (Å²) in [5.41, 5.74) is 8.32. The third-order valence-electron chi connectivity index (χ3n) is 6.84. The van der Waals surface area contributed by atoms with E-state index in [1.54, 1.807) is 29.2 Å². The zero-order valence-electron chi connectivity index (χ0n) is 24.3. The average molecular weight is 617 g/mol. The first kappa shape index (κ1) is 29.3. The van der Waals surface area contributed by atoms with E-state index in [4.69, 9.17) is 9.97 Å². The Morgan fingerprint density at radius 3 is 2.29 bits per heavy atom. The molecule has 6 aromatic rings. The van der Waals surface area contributed by atoms with Gasteiger partial charge in [0.15, 0.2) is 11.6 Å². The van der Waals surface area contributed by atoms with Gasteiger partial charge in [-0.3, -0.25) is 5.43 Å². The van der Waals surface area contributed by atoms with Crippen LogP contribution in [0.25, 0.3) is 28.2 Å². The van der Waals surface area contributed by atoms with Gasteiger partial charge in [0, 0.05) is 23.6 Å². The summed E-state index contributed by atoms with van der Waals surface area (Å²) in [5, 5.41) is 12.6. The van der Waals surface area contributed by atoms with Crippen LogP contribution in [0.2, 0.25) is 0 Å². The average Bonchev–Trinajstić information content (AvgIpc) is 3.59. The van der Waals surface area contributed by atoms with Crippen molar-refractivity contribution in [3.63, 3.8) is 0 Å². The summed E-state index contributed by atoms with van der Waals surface area (Å²) in [6.07, 6.45) is 6.74. The predicted octanol–water partition coefficient (Wildman–Crippen LogP) is 5.27. The van der Waals surface area contributed by atoms with E-state index < -0.39 is 10.0 Å². The molecule has 224 valence electrons. The van der Waals surface area contributed by atoms with Crippen LogP contribution in [0.1, 0.15) is 12.5 Å². The Morgan fingerprint density at radius 1 is 0.867 bits per heavy atom. The summed E-state index contributed by atoms with van der Waals surface area (Å²) in [6, 6.07) is 27.6. The Kier molecular flexibility index (Phi) is 8.35. The fourth-order valence-corrected chi connectivity index (χ4v) is 5.23. The van der Waals surface area contributed by atoms with Crippen molar-refractivity contribution in [1.82, 2.24) is 34.4 Å². The summed E-state index contributed by atoms with van der Waals surface area (Å²) in [5.74, 6) is 1.26. The standard InChI is InChI=1S/C32H28N10O2S/c1-22(23-13-15-27(16-14-23)45(43,44)33-2)40-41-30-29(24-9-5-3-6-10-24)31(39-32(38-30)37-26-11-7-4-8-12-26)42-20-25(19-36-42)28-17-18-34-21-35-28/h3-21,33H,1-2H3,(H2,37,38,39,41)/b40-22-. The number of para-hydroxylation sites is 1. The van der Waals surface area contributed by atoms with E-state index in [2.05, 4.69) is 35.6 Å². The van der Waals surface area contributed by atoms with Crippen molar-refractivity contribution < 1.29 is 8.42 Å². The van der Waals surface area contributed by atoms with E-state index in [-0.39, 0.29) is 4.90 Å². The summed E-state index contributed by atoms with van der Waals surface area (Å²) in [7, 11) is -2.18. The van der Waals surface area contributed by atoms with Crippen LogP contribution < -0.4 is 15.5 Å². The Balaban J connectivity index is 1.46. The predicted molar refractivity (Wildman–Crippen MR) is 174 cm³/mol.